The van der Waals surface area contributed by atoms with Crippen molar-refractivity contribution in [1.29, 1.82) is 0 Å². The molecule has 3 heterocycles. The van der Waals surface area contributed by atoms with E-state index >= 15 is 0 Å². The second-order valence-corrected chi connectivity index (χ2v) is 6.52. The van der Waals surface area contributed by atoms with Gasteiger partial charge in [0.25, 0.3) is 5.91 Å². The van der Waals surface area contributed by atoms with Crippen LogP contribution in [0, 0.1) is 0 Å². The summed E-state index contributed by atoms with van der Waals surface area (Å²) in [7, 11) is 1.63. The Hall–Kier alpha value is -2.93. The highest BCUT2D eigenvalue weighted by atomic mass is 32.1. The highest BCUT2D eigenvalue weighted by molar-refractivity contribution is 7.22. The van der Waals surface area contributed by atoms with Crippen LogP contribution in [0.15, 0.2) is 42.6 Å². The van der Waals surface area contributed by atoms with Gasteiger partial charge in [0.15, 0.2) is 10.8 Å². The number of pyridine rings is 1. The molecule has 6 nitrogen and oxygen atoms in total. The summed E-state index contributed by atoms with van der Waals surface area (Å²) >= 11 is 1.41. The number of methoxy groups -OCH3 is 1. The summed E-state index contributed by atoms with van der Waals surface area (Å²) < 4.78 is 8.12. The van der Waals surface area contributed by atoms with Gasteiger partial charge in [0.1, 0.15) is 11.6 Å². The molecule has 126 valence electrons. The molecule has 0 unspecified atom stereocenters. The quantitative estimate of drug-likeness (QED) is 0.607. The maximum atomic E-state index is 12.7. The number of anilines is 1. The lowest BCUT2D eigenvalue weighted by molar-refractivity contribution is 0.102. The minimum absolute atomic E-state index is 0.255. The van der Waals surface area contributed by atoms with Crippen LogP contribution in [-0.2, 0) is 6.42 Å². The normalized spacial score (nSPS) is 11.1. The topological polar surface area (TPSA) is 68.5 Å². The Bertz CT molecular complexity index is 1080. The molecule has 4 aromatic rings. The summed E-state index contributed by atoms with van der Waals surface area (Å²) in [5.74, 6) is 1.37. The molecule has 0 aliphatic rings. The monoisotopic (exact) mass is 352 g/mol. The minimum atomic E-state index is -0.255. The van der Waals surface area contributed by atoms with Crippen molar-refractivity contribution in [3.05, 3.63) is 54.1 Å². The van der Waals surface area contributed by atoms with E-state index in [0.717, 1.165) is 33.7 Å². The van der Waals surface area contributed by atoms with E-state index in [1.165, 1.54) is 11.3 Å². The van der Waals surface area contributed by atoms with Crippen molar-refractivity contribution >= 4 is 38.1 Å². The van der Waals surface area contributed by atoms with Gasteiger partial charge in [-0.05, 0) is 30.3 Å². The van der Waals surface area contributed by atoms with E-state index < -0.39 is 0 Å². The van der Waals surface area contributed by atoms with Gasteiger partial charge in [0.2, 0.25) is 0 Å². The van der Waals surface area contributed by atoms with E-state index in [1.807, 2.05) is 53.9 Å². The summed E-state index contributed by atoms with van der Waals surface area (Å²) in [4.78, 5) is 21.7. The third kappa shape index (κ3) is 2.72. The van der Waals surface area contributed by atoms with E-state index in [1.54, 1.807) is 7.11 Å². The number of imidazole rings is 1. The van der Waals surface area contributed by atoms with Gasteiger partial charge in [-0.1, -0.05) is 24.3 Å². The maximum absolute atomic E-state index is 12.7. The molecular formula is C18H16N4O2S. The molecule has 1 N–H and O–H groups in total. The van der Waals surface area contributed by atoms with Gasteiger partial charge in [-0.15, -0.1) is 0 Å². The molecule has 1 aromatic carbocycles. The number of carbonyl (C=O) groups is 1. The molecular weight excluding hydrogens is 336 g/mol. The Balaban J connectivity index is 1.68. The van der Waals surface area contributed by atoms with Crippen LogP contribution in [0.1, 0.15) is 23.2 Å². The molecule has 0 bridgehead atoms. The van der Waals surface area contributed by atoms with E-state index in [9.17, 15) is 4.79 Å². The Morgan fingerprint density at radius 1 is 1.28 bits per heavy atom. The van der Waals surface area contributed by atoms with Crippen LogP contribution >= 0.6 is 11.3 Å². The molecule has 0 saturated heterocycles. The lowest BCUT2D eigenvalue weighted by Gasteiger charge is -1.99. The van der Waals surface area contributed by atoms with E-state index in [4.69, 9.17) is 4.74 Å². The molecule has 0 saturated carbocycles. The number of fused-ring (bicyclic) bond motifs is 2. The second-order valence-electron chi connectivity index (χ2n) is 5.49. The third-order valence-corrected chi connectivity index (χ3v) is 4.90. The smallest absolute Gasteiger partial charge is 0.278 e. The summed E-state index contributed by atoms with van der Waals surface area (Å²) in [5, 5.41) is 3.41. The van der Waals surface area contributed by atoms with Crippen molar-refractivity contribution < 1.29 is 9.53 Å². The van der Waals surface area contributed by atoms with Crippen LogP contribution in [0.3, 0.4) is 0 Å². The number of hydrogen-bond acceptors (Lipinski definition) is 5. The number of ether oxygens (including phenoxy) is 1. The van der Waals surface area contributed by atoms with Crippen LogP contribution in [0.5, 0.6) is 5.75 Å². The molecule has 1 amide bonds. The zero-order chi connectivity index (χ0) is 17.4. The predicted molar refractivity (Wildman–Crippen MR) is 98.7 cm³/mol. The fraction of sp³-hybridized carbons (Fsp3) is 0.167. The first-order valence-electron chi connectivity index (χ1n) is 7.91. The Labute approximate surface area is 148 Å². The number of nitrogens with one attached hydrogen (secondary N) is 1. The number of amides is 1. The number of aryl methyl sites for hydroxylation is 1. The first-order chi connectivity index (χ1) is 12.2. The van der Waals surface area contributed by atoms with E-state index in [-0.39, 0.29) is 5.91 Å². The van der Waals surface area contributed by atoms with Gasteiger partial charge >= 0.3 is 0 Å². The molecule has 25 heavy (non-hydrogen) atoms. The zero-order valence-electron chi connectivity index (χ0n) is 13.8. The van der Waals surface area contributed by atoms with Gasteiger partial charge in [0.05, 0.1) is 22.8 Å². The van der Waals surface area contributed by atoms with Crippen molar-refractivity contribution in [1.82, 2.24) is 14.4 Å². The maximum Gasteiger partial charge on any atom is 0.278 e. The average Bonchev–Trinajstić information content (AvgIpc) is 3.21. The van der Waals surface area contributed by atoms with Crippen molar-refractivity contribution in [3.8, 4) is 5.75 Å². The number of benzene rings is 1. The van der Waals surface area contributed by atoms with Gasteiger partial charge in [0, 0.05) is 12.6 Å². The van der Waals surface area contributed by atoms with Crippen LogP contribution < -0.4 is 10.1 Å². The van der Waals surface area contributed by atoms with Crippen molar-refractivity contribution in [3.63, 3.8) is 0 Å². The van der Waals surface area contributed by atoms with Crippen LogP contribution in [-0.4, -0.2) is 27.4 Å². The molecule has 0 aliphatic carbocycles. The second kappa shape index (κ2) is 6.18. The zero-order valence-corrected chi connectivity index (χ0v) is 14.6. The van der Waals surface area contributed by atoms with Crippen molar-refractivity contribution in [2.24, 2.45) is 0 Å². The summed E-state index contributed by atoms with van der Waals surface area (Å²) in [6.45, 7) is 2.02. The predicted octanol–water partition coefficient (Wildman–Crippen LogP) is 3.77. The van der Waals surface area contributed by atoms with E-state index in [2.05, 4.69) is 15.3 Å². The Kier molecular flexibility index (Phi) is 3.85. The lowest BCUT2D eigenvalue weighted by atomic mass is 10.3. The molecule has 3 aromatic heterocycles. The highest BCUT2D eigenvalue weighted by Gasteiger charge is 2.18. The number of hydrogen-bond donors (Lipinski definition) is 1. The molecule has 0 fully saturated rings. The molecule has 0 aliphatic heterocycles. The average molecular weight is 352 g/mol. The van der Waals surface area contributed by atoms with Gasteiger partial charge < -0.3 is 9.14 Å². The molecule has 4 rings (SSSR count). The Morgan fingerprint density at radius 2 is 2.16 bits per heavy atom. The van der Waals surface area contributed by atoms with Gasteiger partial charge in [-0.3, -0.25) is 10.1 Å². The van der Waals surface area contributed by atoms with Crippen LogP contribution in [0.4, 0.5) is 5.13 Å². The first kappa shape index (κ1) is 15.6. The van der Waals surface area contributed by atoms with Crippen molar-refractivity contribution in [2.75, 3.05) is 12.4 Å². The molecule has 0 radical (unpaired) electrons. The van der Waals surface area contributed by atoms with Gasteiger partial charge in [-0.25, -0.2) is 9.97 Å². The third-order valence-electron chi connectivity index (χ3n) is 3.97. The minimum Gasteiger partial charge on any atom is -0.497 e. The number of carbonyl (C=O) groups excluding carboxylic acids is 1. The fourth-order valence-corrected chi connectivity index (χ4v) is 3.65. The summed E-state index contributed by atoms with van der Waals surface area (Å²) in [5.41, 5.74) is 2.03. The SMILES string of the molecule is CCc1nc(C(=O)Nc2nc3ccc(OC)cc3s2)c2ccccn12. The number of thiazole rings is 1. The number of aromatic nitrogens is 3. The lowest BCUT2D eigenvalue weighted by Crippen LogP contribution is -2.12. The van der Waals surface area contributed by atoms with E-state index in [0.29, 0.717) is 10.8 Å². The molecule has 0 spiro atoms. The van der Waals surface area contributed by atoms with Crippen molar-refractivity contribution in [2.45, 2.75) is 13.3 Å². The molecule has 7 heteroatoms. The first-order valence-corrected chi connectivity index (χ1v) is 8.73. The largest absolute Gasteiger partial charge is 0.497 e. The molecule has 0 atom stereocenters. The van der Waals surface area contributed by atoms with Crippen LogP contribution in [0.25, 0.3) is 15.7 Å². The fourth-order valence-electron chi connectivity index (χ4n) is 2.76. The van der Waals surface area contributed by atoms with Gasteiger partial charge in [-0.2, -0.15) is 0 Å². The van der Waals surface area contributed by atoms with Crippen LogP contribution in [0.2, 0.25) is 0 Å². The summed E-state index contributed by atoms with van der Waals surface area (Å²) in [6.07, 6.45) is 2.67. The summed E-state index contributed by atoms with van der Waals surface area (Å²) in [6, 6.07) is 11.4. The number of nitrogens with zero attached hydrogens (tertiary/aromatic N) is 3. The standard InChI is InChI=1S/C18H16N4O2S/c1-3-15-20-16(13-6-4-5-9-22(13)15)17(23)21-18-19-12-8-7-11(24-2)10-14(12)25-18/h4-10H,3H2,1-2H3,(H,19,21,23). The highest BCUT2D eigenvalue weighted by Crippen LogP contribution is 2.29. The Morgan fingerprint density at radius 3 is 2.96 bits per heavy atom. The number of rotatable bonds is 4.